The van der Waals surface area contributed by atoms with Gasteiger partial charge in [-0.3, -0.25) is 4.90 Å². The molecule has 1 aliphatic rings. The Balaban J connectivity index is 2.53. The van der Waals surface area contributed by atoms with Gasteiger partial charge in [-0.05, 0) is 40.7 Å². The summed E-state index contributed by atoms with van der Waals surface area (Å²) in [5.74, 6) is 0. The Hall–Kier alpha value is -0.0800. The third-order valence-corrected chi connectivity index (χ3v) is 2.69. The van der Waals surface area contributed by atoms with Gasteiger partial charge in [0.15, 0.2) is 0 Å². The highest BCUT2D eigenvalue weighted by Crippen LogP contribution is 2.18. The van der Waals surface area contributed by atoms with Crippen LogP contribution in [-0.4, -0.2) is 30.3 Å². The Morgan fingerprint density at radius 2 is 1.82 bits per heavy atom. The Morgan fingerprint density at radius 1 is 1.18 bits per heavy atom. The lowest BCUT2D eigenvalue weighted by Gasteiger charge is -2.27. The first-order valence-corrected chi connectivity index (χ1v) is 4.48. The van der Waals surface area contributed by atoms with Crippen molar-refractivity contribution in [3.05, 3.63) is 0 Å². The van der Waals surface area contributed by atoms with E-state index in [2.05, 4.69) is 32.7 Å². The smallest absolute Gasteiger partial charge is 0.108 e. The molecule has 1 saturated heterocycles. The van der Waals surface area contributed by atoms with Crippen LogP contribution in [0.2, 0.25) is 0 Å². The highest BCUT2D eigenvalue weighted by molar-refractivity contribution is 4.71. The van der Waals surface area contributed by atoms with Crippen LogP contribution in [0.4, 0.5) is 0 Å². The van der Waals surface area contributed by atoms with Crippen LogP contribution >= 0.6 is 0 Å². The van der Waals surface area contributed by atoms with Crippen molar-refractivity contribution in [2.24, 2.45) is 0 Å². The second kappa shape index (κ2) is 3.55. The molecule has 0 bridgehead atoms. The summed E-state index contributed by atoms with van der Waals surface area (Å²) in [6.07, 6.45) is 3.15. The number of hydrogen-bond acceptors (Lipinski definition) is 2. The topological polar surface area (TPSA) is 12.5 Å². The van der Waals surface area contributed by atoms with Gasteiger partial charge in [0, 0.05) is 6.04 Å². The molecule has 0 aromatic rings. The minimum Gasteiger partial charge on any atom is -0.361 e. The molecule has 0 amide bonds. The molecule has 0 saturated carbocycles. The van der Waals surface area contributed by atoms with Crippen LogP contribution in [0.25, 0.3) is 0 Å². The SMILES string of the molecule is CC1O[C@@H](C)CC[C@@H](C)N1C. The molecule has 1 heterocycles. The fraction of sp³-hybridized carbons (Fsp3) is 1.00. The van der Waals surface area contributed by atoms with Crippen LogP contribution in [-0.2, 0) is 4.74 Å². The molecule has 0 aromatic heterocycles. The van der Waals surface area contributed by atoms with Gasteiger partial charge >= 0.3 is 0 Å². The third-order valence-electron chi connectivity index (χ3n) is 2.69. The molecule has 2 heteroatoms. The summed E-state index contributed by atoms with van der Waals surface area (Å²) in [4.78, 5) is 2.30. The average molecular weight is 157 g/mol. The van der Waals surface area contributed by atoms with Gasteiger partial charge < -0.3 is 4.74 Å². The van der Waals surface area contributed by atoms with Gasteiger partial charge in [0.1, 0.15) is 6.23 Å². The van der Waals surface area contributed by atoms with E-state index in [0.717, 1.165) is 0 Å². The van der Waals surface area contributed by atoms with Crippen molar-refractivity contribution in [3.8, 4) is 0 Å². The van der Waals surface area contributed by atoms with Gasteiger partial charge in [-0.1, -0.05) is 0 Å². The van der Waals surface area contributed by atoms with Crippen LogP contribution < -0.4 is 0 Å². The first-order chi connectivity index (χ1) is 5.11. The van der Waals surface area contributed by atoms with Crippen LogP contribution in [0.15, 0.2) is 0 Å². The van der Waals surface area contributed by atoms with Crippen LogP contribution in [0, 0.1) is 0 Å². The summed E-state index contributed by atoms with van der Waals surface area (Å²) in [6, 6.07) is 0.662. The van der Waals surface area contributed by atoms with E-state index in [-0.39, 0.29) is 6.23 Å². The summed E-state index contributed by atoms with van der Waals surface area (Å²) in [7, 11) is 2.13. The largest absolute Gasteiger partial charge is 0.361 e. The lowest BCUT2D eigenvalue weighted by Crippen LogP contribution is -2.36. The minimum atomic E-state index is 0.280. The van der Waals surface area contributed by atoms with Gasteiger partial charge in [-0.15, -0.1) is 0 Å². The van der Waals surface area contributed by atoms with Crippen molar-refractivity contribution in [1.29, 1.82) is 0 Å². The summed E-state index contributed by atoms with van der Waals surface area (Å²) in [5.41, 5.74) is 0. The third kappa shape index (κ3) is 2.17. The monoisotopic (exact) mass is 157 g/mol. The van der Waals surface area contributed by atoms with Gasteiger partial charge in [-0.2, -0.15) is 0 Å². The Bertz CT molecular complexity index is 127. The van der Waals surface area contributed by atoms with Gasteiger partial charge in [0.2, 0.25) is 0 Å². The van der Waals surface area contributed by atoms with Crippen molar-refractivity contribution in [1.82, 2.24) is 4.90 Å². The fourth-order valence-electron chi connectivity index (χ4n) is 1.54. The molecule has 0 radical (unpaired) electrons. The molecule has 0 spiro atoms. The number of hydrogen-bond donors (Lipinski definition) is 0. The molecule has 1 fully saturated rings. The normalized spacial score (nSPS) is 42.0. The van der Waals surface area contributed by atoms with E-state index in [4.69, 9.17) is 4.74 Å². The second-order valence-corrected chi connectivity index (χ2v) is 3.64. The maximum absolute atomic E-state index is 5.72. The van der Waals surface area contributed by atoms with E-state index in [1.807, 2.05) is 0 Å². The predicted molar refractivity (Wildman–Crippen MR) is 46.5 cm³/mol. The highest BCUT2D eigenvalue weighted by atomic mass is 16.5. The van der Waals surface area contributed by atoms with Gasteiger partial charge in [-0.25, -0.2) is 0 Å². The lowest BCUT2D eigenvalue weighted by atomic mass is 10.1. The van der Waals surface area contributed by atoms with Crippen molar-refractivity contribution in [2.45, 2.75) is 52.0 Å². The Morgan fingerprint density at radius 3 is 2.45 bits per heavy atom. The Labute approximate surface area is 69.5 Å². The Kier molecular flexibility index (Phi) is 2.90. The van der Waals surface area contributed by atoms with E-state index in [1.54, 1.807) is 0 Å². The van der Waals surface area contributed by atoms with E-state index in [9.17, 15) is 0 Å². The van der Waals surface area contributed by atoms with Gasteiger partial charge in [0.25, 0.3) is 0 Å². The zero-order chi connectivity index (χ0) is 8.43. The highest BCUT2D eigenvalue weighted by Gasteiger charge is 2.22. The molecule has 0 aliphatic carbocycles. The summed E-state index contributed by atoms with van der Waals surface area (Å²) in [5, 5.41) is 0. The van der Waals surface area contributed by atoms with E-state index < -0.39 is 0 Å². The standard InChI is InChI=1S/C9H19NO/c1-7-5-6-8(2)11-9(3)10(7)4/h7-9H,5-6H2,1-4H3/t7-,8+,9?/m1/s1. The summed E-state index contributed by atoms with van der Waals surface area (Å²) in [6.45, 7) is 6.54. The molecule has 0 aromatic carbocycles. The molecule has 1 unspecified atom stereocenters. The maximum Gasteiger partial charge on any atom is 0.108 e. The molecule has 0 N–H and O–H groups in total. The lowest BCUT2D eigenvalue weighted by molar-refractivity contribution is -0.0653. The van der Waals surface area contributed by atoms with E-state index in [1.165, 1.54) is 12.8 Å². The van der Waals surface area contributed by atoms with E-state index >= 15 is 0 Å². The second-order valence-electron chi connectivity index (χ2n) is 3.64. The first-order valence-electron chi connectivity index (χ1n) is 4.48. The molecular weight excluding hydrogens is 138 g/mol. The predicted octanol–water partition coefficient (Wildman–Crippen LogP) is 1.85. The summed E-state index contributed by atoms with van der Waals surface area (Å²) >= 11 is 0. The van der Waals surface area contributed by atoms with E-state index in [0.29, 0.717) is 12.1 Å². The average Bonchev–Trinajstić information content (AvgIpc) is 2.05. The number of ether oxygens (including phenoxy) is 1. The van der Waals surface area contributed by atoms with Crippen LogP contribution in [0.5, 0.6) is 0 Å². The minimum absolute atomic E-state index is 0.280. The van der Waals surface area contributed by atoms with Crippen molar-refractivity contribution < 1.29 is 4.74 Å². The van der Waals surface area contributed by atoms with Crippen molar-refractivity contribution in [3.63, 3.8) is 0 Å². The summed E-state index contributed by atoms with van der Waals surface area (Å²) < 4.78 is 5.72. The van der Waals surface area contributed by atoms with Crippen LogP contribution in [0.3, 0.4) is 0 Å². The molecule has 1 aliphatic heterocycles. The molecule has 66 valence electrons. The number of nitrogens with zero attached hydrogens (tertiary/aromatic N) is 1. The maximum atomic E-state index is 5.72. The molecule has 11 heavy (non-hydrogen) atoms. The van der Waals surface area contributed by atoms with Crippen LogP contribution in [0.1, 0.15) is 33.6 Å². The fourth-order valence-corrected chi connectivity index (χ4v) is 1.54. The molecule has 3 atom stereocenters. The van der Waals surface area contributed by atoms with Crippen molar-refractivity contribution in [2.75, 3.05) is 7.05 Å². The zero-order valence-corrected chi connectivity index (χ0v) is 8.00. The number of rotatable bonds is 0. The van der Waals surface area contributed by atoms with Crippen molar-refractivity contribution >= 4 is 0 Å². The molecule has 2 nitrogen and oxygen atoms in total. The molecular formula is C9H19NO. The molecule has 1 rings (SSSR count). The quantitative estimate of drug-likeness (QED) is 0.532. The van der Waals surface area contributed by atoms with Gasteiger partial charge in [0.05, 0.1) is 6.10 Å². The first kappa shape index (κ1) is 9.01. The zero-order valence-electron chi connectivity index (χ0n) is 8.00.